The van der Waals surface area contributed by atoms with Gasteiger partial charge in [-0.25, -0.2) is 0 Å². The van der Waals surface area contributed by atoms with Crippen LogP contribution in [0.5, 0.6) is 0 Å². The van der Waals surface area contributed by atoms with Gasteiger partial charge in [0.05, 0.1) is 16.8 Å². The van der Waals surface area contributed by atoms with Gasteiger partial charge in [-0.2, -0.15) is 0 Å². The molecule has 2 aliphatic heterocycles. The summed E-state index contributed by atoms with van der Waals surface area (Å²) in [6.45, 7) is 2.50. The Morgan fingerprint density at radius 2 is 1.44 bits per heavy atom. The second-order valence-corrected chi connectivity index (χ2v) is 12.3. The average molecular weight is 583 g/mol. The third-order valence-corrected chi connectivity index (χ3v) is 9.45. The number of benzene rings is 2. The zero-order valence-corrected chi connectivity index (χ0v) is 23.6. The number of hydrogen-bond donors (Lipinski definition) is 1. The monoisotopic (exact) mass is 581 g/mol. The SMILES string of the molecule is O=C(c1cccs1)C1C(c2ccc(Cl)cc2)C(C(=O)N2CCNCC2)N(C(=O)C2CC2)C1c1ccc(Cl)cc1. The molecule has 3 heterocycles. The Morgan fingerprint density at radius 1 is 0.821 bits per heavy atom. The van der Waals surface area contributed by atoms with E-state index in [2.05, 4.69) is 5.32 Å². The molecule has 4 unspecified atom stereocenters. The van der Waals surface area contributed by atoms with Gasteiger partial charge in [0.25, 0.3) is 0 Å². The van der Waals surface area contributed by atoms with Crippen molar-refractivity contribution in [2.24, 2.45) is 11.8 Å². The average Bonchev–Trinajstić information content (AvgIpc) is 3.54. The van der Waals surface area contributed by atoms with Crippen molar-refractivity contribution in [2.45, 2.75) is 30.8 Å². The van der Waals surface area contributed by atoms with Crippen LogP contribution in [0.15, 0.2) is 66.0 Å². The van der Waals surface area contributed by atoms with Gasteiger partial charge >= 0.3 is 0 Å². The van der Waals surface area contributed by atoms with Crippen LogP contribution in [0.3, 0.4) is 0 Å². The summed E-state index contributed by atoms with van der Waals surface area (Å²) >= 11 is 13.9. The Kier molecular flexibility index (Phi) is 7.51. The van der Waals surface area contributed by atoms with Crippen LogP contribution >= 0.6 is 34.5 Å². The molecule has 4 atom stereocenters. The van der Waals surface area contributed by atoms with Crippen LogP contribution < -0.4 is 5.32 Å². The zero-order chi connectivity index (χ0) is 27.1. The number of carbonyl (C=O) groups excluding carboxylic acids is 3. The molecule has 1 aliphatic carbocycles. The van der Waals surface area contributed by atoms with Gasteiger partial charge in [0.1, 0.15) is 6.04 Å². The Hall–Kier alpha value is -2.71. The van der Waals surface area contributed by atoms with Gasteiger partial charge in [0, 0.05) is 48.1 Å². The molecule has 0 spiro atoms. The molecular weight excluding hydrogens is 553 g/mol. The normalized spacial score (nSPS) is 25.1. The topological polar surface area (TPSA) is 69.7 Å². The van der Waals surface area contributed by atoms with Crippen LogP contribution in [-0.2, 0) is 9.59 Å². The maximum atomic E-state index is 14.4. The Labute approximate surface area is 241 Å². The van der Waals surface area contributed by atoms with E-state index in [4.69, 9.17) is 23.2 Å². The van der Waals surface area contributed by atoms with E-state index < -0.39 is 23.9 Å². The van der Waals surface area contributed by atoms with E-state index in [1.165, 1.54) is 11.3 Å². The molecule has 6 nitrogen and oxygen atoms in total. The lowest BCUT2D eigenvalue weighted by Gasteiger charge is -2.36. The van der Waals surface area contributed by atoms with Crippen molar-refractivity contribution in [3.63, 3.8) is 0 Å². The van der Waals surface area contributed by atoms with Crippen molar-refractivity contribution < 1.29 is 14.4 Å². The fourth-order valence-corrected chi connectivity index (χ4v) is 7.03. The van der Waals surface area contributed by atoms with Crippen LogP contribution in [0.2, 0.25) is 10.0 Å². The molecule has 0 radical (unpaired) electrons. The summed E-state index contributed by atoms with van der Waals surface area (Å²) in [5.41, 5.74) is 1.63. The summed E-state index contributed by atoms with van der Waals surface area (Å²) in [6.07, 6.45) is 1.60. The third kappa shape index (κ3) is 5.13. The summed E-state index contributed by atoms with van der Waals surface area (Å²) in [5, 5.41) is 6.33. The molecule has 9 heteroatoms. The van der Waals surface area contributed by atoms with Crippen molar-refractivity contribution in [3.8, 4) is 0 Å². The van der Waals surface area contributed by atoms with E-state index in [0.29, 0.717) is 41.1 Å². The maximum absolute atomic E-state index is 14.4. The highest BCUT2D eigenvalue weighted by molar-refractivity contribution is 7.12. The first-order chi connectivity index (χ1) is 18.9. The highest BCUT2D eigenvalue weighted by atomic mass is 35.5. The Bertz CT molecular complexity index is 1350. The number of piperazine rings is 1. The number of thiophene rings is 1. The summed E-state index contributed by atoms with van der Waals surface area (Å²) < 4.78 is 0. The van der Waals surface area contributed by atoms with E-state index in [1.807, 2.05) is 46.7 Å². The first-order valence-corrected chi connectivity index (χ1v) is 15.0. The molecule has 202 valence electrons. The molecular formula is C30H29Cl2N3O3S. The highest BCUT2D eigenvalue weighted by Gasteiger charge is 2.59. The smallest absolute Gasteiger partial charge is 0.246 e. The molecule has 39 heavy (non-hydrogen) atoms. The number of halogens is 2. The number of rotatable bonds is 6. The minimum absolute atomic E-state index is 0.0520. The van der Waals surface area contributed by atoms with Gasteiger partial charge < -0.3 is 15.1 Å². The lowest BCUT2D eigenvalue weighted by atomic mass is 9.77. The van der Waals surface area contributed by atoms with Crippen LogP contribution in [0, 0.1) is 11.8 Å². The molecule has 1 N–H and O–H groups in total. The summed E-state index contributed by atoms with van der Waals surface area (Å²) in [5.74, 6) is -1.54. The number of Topliss-reactive ketones (excluding diaryl/α,β-unsaturated/α-hetero) is 1. The predicted octanol–water partition coefficient (Wildman–Crippen LogP) is 5.43. The van der Waals surface area contributed by atoms with E-state index in [-0.39, 0.29) is 23.5 Å². The lowest BCUT2D eigenvalue weighted by Crippen LogP contribution is -2.55. The molecule has 3 aromatic rings. The summed E-state index contributed by atoms with van der Waals surface area (Å²) in [7, 11) is 0. The second kappa shape index (κ2) is 11.0. The second-order valence-electron chi connectivity index (χ2n) is 10.5. The Balaban J connectivity index is 1.56. The quantitative estimate of drug-likeness (QED) is 0.394. The maximum Gasteiger partial charge on any atom is 0.246 e. The van der Waals surface area contributed by atoms with Gasteiger partial charge in [0.15, 0.2) is 5.78 Å². The molecule has 0 bridgehead atoms. The minimum Gasteiger partial charge on any atom is -0.338 e. The number of likely N-dealkylation sites (tertiary alicyclic amines) is 1. The summed E-state index contributed by atoms with van der Waals surface area (Å²) in [6, 6.07) is 17.0. The van der Waals surface area contributed by atoms with Crippen LogP contribution in [0.25, 0.3) is 0 Å². The van der Waals surface area contributed by atoms with E-state index in [1.54, 1.807) is 29.2 Å². The van der Waals surface area contributed by atoms with Crippen LogP contribution in [-0.4, -0.2) is 59.6 Å². The van der Waals surface area contributed by atoms with E-state index in [9.17, 15) is 14.4 Å². The molecule has 1 saturated carbocycles. The highest BCUT2D eigenvalue weighted by Crippen LogP contribution is 2.53. The number of hydrogen-bond acceptors (Lipinski definition) is 5. The number of ketones is 1. The standard InChI is InChI=1S/C30H29Cl2N3O3S/c31-21-9-5-18(6-10-21)24-25(28(36)23-2-1-17-39-23)26(19-7-11-22(32)12-8-19)35(29(37)20-3-4-20)27(24)30(38)34-15-13-33-14-16-34/h1-2,5-12,17,20,24-27,33H,3-4,13-16H2. The third-order valence-electron chi connectivity index (χ3n) is 8.06. The van der Waals surface area contributed by atoms with E-state index >= 15 is 0 Å². The fourth-order valence-electron chi connectivity index (χ4n) is 6.06. The van der Waals surface area contributed by atoms with Crippen LogP contribution in [0.1, 0.15) is 45.6 Å². The molecule has 2 aromatic carbocycles. The fraction of sp³-hybridized carbons (Fsp3) is 0.367. The number of carbonyl (C=O) groups is 3. The van der Waals surface area contributed by atoms with Gasteiger partial charge in [-0.05, 0) is 59.7 Å². The van der Waals surface area contributed by atoms with Crippen molar-refractivity contribution in [1.29, 1.82) is 0 Å². The van der Waals surface area contributed by atoms with Crippen molar-refractivity contribution in [3.05, 3.63) is 92.1 Å². The molecule has 3 fully saturated rings. The largest absolute Gasteiger partial charge is 0.338 e. The van der Waals surface area contributed by atoms with Crippen molar-refractivity contribution in [1.82, 2.24) is 15.1 Å². The van der Waals surface area contributed by atoms with Crippen LogP contribution in [0.4, 0.5) is 0 Å². The molecule has 3 aliphatic rings. The zero-order valence-electron chi connectivity index (χ0n) is 21.3. The number of nitrogens with zero attached hydrogens (tertiary/aromatic N) is 2. The summed E-state index contributed by atoms with van der Waals surface area (Å²) in [4.78, 5) is 47.2. The van der Waals surface area contributed by atoms with Gasteiger partial charge in [-0.1, -0.05) is 53.5 Å². The molecule has 6 rings (SSSR count). The molecule has 2 saturated heterocycles. The Morgan fingerprint density at radius 3 is 2.00 bits per heavy atom. The predicted molar refractivity (Wildman–Crippen MR) is 153 cm³/mol. The van der Waals surface area contributed by atoms with Gasteiger partial charge in [-0.3, -0.25) is 14.4 Å². The molecule has 1 aromatic heterocycles. The van der Waals surface area contributed by atoms with Crippen molar-refractivity contribution >= 4 is 52.1 Å². The number of amides is 2. The van der Waals surface area contributed by atoms with E-state index in [0.717, 1.165) is 24.0 Å². The first-order valence-electron chi connectivity index (χ1n) is 13.3. The molecule has 2 amide bonds. The first kappa shape index (κ1) is 26.5. The van der Waals surface area contributed by atoms with Gasteiger partial charge in [0.2, 0.25) is 11.8 Å². The number of nitrogens with one attached hydrogen (secondary N) is 1. The minimum atomic E-state index is -0.813. The van der Waals surface area contributed by atoms with Gasteiger partial charge in [-0.15, -0.1) is 11.3 Å². The lowest BCUT2D eigenvalue weighted by molar-refractivity contribution is -0.147. The van der Waals surface area contributed by atoms with Crippen molar-refractivity contribution in [2.75, 3.05) is 26.2 Å².